The van der Waals surface area contributed by atoms with E-state index in [1.165, 1.54) is 0 Å². The van der Waals surface area contributed by atoms with Gasteiger partial charge in [-0.25, -0.2) is 49.8 Å². The van der Waals surface area contributed by atoms with E-state index in [1.54, 1.807) is 146 Å². The number of fused-ring (bicyclic) bond motifs is 8. The van der Waals surface area contributed by atoms with E-state index in [9.17, 15) is 0 Å². The smallest absolute Gasteiger partial charge is 0.326 e. The lowest BCUT2D eigenvalue weighted by Crippen LogP contribution is -2.44. The minimum atomic E-state index is -1.01. The van der Waals surface area contributed by atoms with Gasteiger partial charge < -0.3 is 77.0 Å². The summed E-state index contributed by atoms with van der Waals surface area (Å²) in [6.45, 7) is 8.24. The van der Waals surface area contributed by atoms with Gasteiger partial charge in [0.05, 0.1) is 44.1 Å². The Morgan fingerprint density at radius 3 is 1.30 bits per heavy atom. The Morgan fingerprint density at radius 2 is 0.863 bits per heavy atom. The van der Waals surface area contributed by atoms with E-state index in [2.05, 4.69) is 134 Å². The maximum absolute atomic E-state index is 9.10. The molecule has 15 heterocycles. The van der Waals surface area contributed by atoms with Gasteiger partial charge in [-0.1, -0.05) is 35.2 Å². The molecule has 4 aromatic carbocycles. The number of halogens is 4. The molecule has 0 saturated carbocycles. The van der Waals surface area contributed by atoms with Crippen LogP contribution in [0.2, 0.25) is 0 Å². The third-order valence-corrected chi connectivity index (χ3v) is 17.6. The maximum Gasteiger partial charge on any atom is 0.326 e. The van der Waals surface area contributed by atoms with E-state index >= 15 is 0 Å². The molecule has 41 heteroatoms. The average Bonchev–Trinajstić information content (AvgIpc) is 1.67. The number of benzene rings is 4. The summed E-state index contributed by atoms with van der Waals surface area (Å²) in [5.41, 5.74) is 40.1. The number of nitrogens with zero attached hydrogens (tertiary/aromatic N) is 20. The molecule has 0 saturated heterocycles. The van der Waals surface area contributed by atoms with Crippen molar-refractivity contribution in [3.63, 3.8) is 0 Å². The third kappa shape index (κ3) is 24.6. The molecule has 19 aromatic rings. The molecule has 3 radical (unpaired) electrons. The number of oxazole rings is 4. The zero-order valence-corrected chi connectivity index (χ0v) is 68.7. The predicted molar refractivity (Wildman–Crippen MR) is 463 cm³/mol. The Kier molecular flexibility index (Phi) is 31.3. The largest absolute Gasteiger partial charge is 0.450 e. The molecule has 0 aliphatic rings. The number of aldehydes is 1. The van der Waals surface area contributed by atoms with Crippen molar-refractivity contribution in [1.82, 2.24) is 97.3 Å². The van der Waals surface area contributed by atoms with Crippen LogP contribution in [0.5, 0.6) is 0 Å². The molecule has 0 aliphatic carbocycles. The van der Waals surface area contributed by atoms with Crippen molar-refractivity contribution in [1.29, 1.82) is 0 Å². The first-order chi connectivity index (χ1) is 55.7. The van der Waals surface area contributed by atoms with Crippen molar-refractivity contribution >= 4 is 196 Å². The second kappa shape index (κ2) is 41.5. The monoisotopic (exact) mass is 1840 g/mol. The normalized spacial score (nSPS) is 10.7. The average molecular weight is 1840 g/mol. The first-order valence-corrected chi connectivity index (χ1v) is 37.4. The van der Waals surface area contributed by atoms with Crippen molar-refractivity contribution in [3.05, 3.63) is 234 Å². The van der Waals surface area contributed by atoms with Crippen molar-refractivity contribution < 1.29 is 48.3 Å². The molecular weight excluding hydrogens is 1770 g/mol. The topological polar surface area (TPSA) is 536 Å². The first-order valence-electron chi connectivity index (χ1n) is 34.2. The molecule has 0 fully saturated rings. The van der Waals surface area contributed by atoms with E-state index in [-0.39, 0.29) is 42.0 Å². The molecule has 0 atom stereocenters. The van der Waals surface area contributed by atoms with Gasteiger partial charge in [0, 0.05) is 140 Å². The van der Waals surface area contributed by atoms with Crippen molar-refractivity contribution in [2.24, 2.45) is 0 Å². The second-order valence-electron chi connectivity index (χ2n) is 24.8. The van der Waals surface area contributed by atoms with E-state index < -0.39 is 11.2 Å². The van der Waals surface area contributed by atoms with Crippen LogP contribution in [-0.4, -0.2) is 168 Å². The molecular formula is C76H72B2Br2ClIN25O10. The van der Waals surface area contributed by atoms with Crippen LogP contribution >= 0.6 is 66.1 Å². The minimum absolute atomic E-state index is 0. The highest BCUT2D eigenvalue weighted by Gasteiger charge is 2.32. The number of nitrogen functional groups attached to an aromatic ring is 5. The highest BCUT2D eigenvalue weighted by molar-refractivity contribution is 14.1. The van der Waals surface area contributed by atoms with Crippen LogP contribution in [0.15, 0.2) is 248 Å². The first kappa shape index (κ1) is 88.2. The summed E-state index contributed by atoms with van der Waals surface area (Å²) in [7, 11) is 6.55. The minimum Gasteiger partial charge on any atom is -0.450 e. The molecule has 0 amide bonds. The Morgan fingerprint density at radius 1 is 0.487 bits per heavy atom. The molecule has 595 valence electrons. The fourth-order valence-electron chi connectivity index (χ4n) is 9.62. The molecule has 0 spiro atoms. The fourth-order valence-corrected chi connectivity index (χ4v) is 10.6. The standard InChI is InChI=1S/C18H12N6O.C13H8IN5O.C13H9N5O.C7H5BN2O.C6H4BrN3.C6H14O2.C5H5BNO.C4H4BrN3.C2H3ClO.C2H6O.H2O/c19-17-23-14-7-12(1-2-16(14)25-17)13-8-21-18-22-9-15(24(18)10-13)11-3-5-20-6-4-11;14-11-5-17-13-16-4-8(6-19(11)13)7-1-2-10-9(3-7)18-12(15)20-10;14-12-17-10-5-8(1-2-11(10)19-12)9-6-16-13-15-3-4-18(13)7-9;8-4-1-2-6-5(3-4)10-7(9)11-6;7-5-3-9-6-8-1-2-10(6)4-5;1-5(2,7)6(3,4)8;8-6-5-1-3-7-4-2-5;5-3-1-7-4(6)8-2-3;3-1-2-4;1-2-3;/h1-10H,(H2,19,23);1-6H,(H2,15,18);1-7H,(H2,14,17);1-3H,(H2,9,10);1-4H;7-8H,1-4H3;1-4,8H;1-2H,(H2,6,7,8);2H,1H2;3H,2H2,1H3;1H2. The molecule has 0 bridgehead atoms. The van der Waals surface area contributed by atoms with Gasteiger partial charge in [0.25, 0.3) is 24.1 Å². The van der Waals surface area contributed by atoms with Crippen LogP contribution < -0.4 is 39.6 Å². The van der Waals surface area contributed by atoms with Gasteiger partial charge in [0.15, 0.2) is 22.3 Å². The van der Waals surface area contributed by atoms with E-state index in [0.29, 0.717) is 62.9 Å². The van der Waals surface area contributed by atoms with E-state index in [1.807, 2.05) is 128 Å². The second-order valence-corrected chi connectivity index (χ2v) is 28.0. The van der Waals surface area contributed by atoms with Crippen LogP contribution in [0.3, 0.4) is 0 Å². The number of carbonyl (C=O) groups excluding carboxylic acids is 1. The summed E-state index contributed by atoms with van der Waals surface area (Å²) in [5.74, 6) is 3.14. The number of carbonyl (C=O) groups is 1. The lowest BCUT2D eigenvalue weighted by Gasteiger charge is -2.31. The molecule has 16 N–H and O–H groups in total. The predicted octanol–water partition coefficient (Wildman–Crippen LogP) is 9.99. The summed E-state index contributed by atoms with van der Waals surface area (Å²) >= 11 is 13.5. The molecule has 0 aliphatic heterocycles. The SMILES string of the molecule is Brc1cnc2nccn2c1.CC(C)(O)C(C)(C)O.CCO.Nc1nc2cc(-c3cnc4ncc(-c5ccncc5)n4c3)ccc2o1.Nc1nc2cc(-c3cnc4ncc(I)n4c3)ccc2o1.Nc1nc2cc(-c3cnc4nccn4c3)ccc2o1.Nc1ncc(Br)cn1.O.O=CCCl.O[B]c1ccncc1.[B]c1ccc2oc(N)nc2c1. The zero-order chi connectivity index (χ0) is 83.1. The summed E-state index contributed by atoms with van der Waals surface area (Å²) in [4.78, 5) is 74.4. The third-order valence-electron chi connectivity index (χ3n) is 15.8. The van der Waals surface area contributed by atoms with E-state index in [0.717, 1.165) is 92.6 Å². The summed E-state index contributed by atoms with van der Waals surface area (Å²) in [6.07, 6.45) is 36.3. The number of rotatable bonds is 7. The Labute approximate surface area is 702 Å². The molecule has 0 unspecified atom stereocenters. The molecule has 15 aromatic heterocycles. The Hall–Kier alpha value is -12.8. The summed E-state index contributed by atoms with van der Waals surface area (Å²) in [6, 6.07) is 30.4. The van der Waals surface area contributed by atoms with Crippen molar-refractivity contribution in [2.45, 2.75) is 45.8 Å². The number of hydrogen-bond acceptors (Lipinski definition) is 30. The van der Waals surface area contributed by atoms with Crippen LogP contribution in [-0.2, 0) is 4.79 Å². The number of hydrogen-bond donors (Lipinski definition) is 9. The lowest BCUT2D eigenvalue weighted by molar-refractivity contribution is -0.107. The van der Waals surface area contributed by atoms with Gasteiger partial charge in [-0.3, -0.25) is 27.6 Å². The van der Waals surface area contributed by atoms with Gasteiger partial charge in [0.1, 0.15) is 39.9 Å². The number of imidazole rings is 4. The van der Waals surface area contributed by atoms with E-state index in [4.69, 9.17) is 90.9 Å². The van der Waals surface area contributed by atoms with Gasteiger partial charge in [-0.05, 0) is 179 Å². The number of anilines is 5. The number of alkyl halides is 1. The summed E-state index contributed by atoms with van der Waals surface area (Å²) in [5, 5.41) is 34.2. The Balaban J connectivity index is 0.000000156. The number of pyridine rings is 2. The zero-order valence-electron chi connectivity index (χ0n) is 62.6. The van der Waals surface area contributed by atoms with Crippen LogP contribution in [0.25, 0.3) is 112 Å². The van der Waals surface area contributed by atoms with Gasteiger partial charge in [-0.15, -0.1) is 11.6 Å². The molecule has 35 nitrogen and oxygen atoms in total. The molecule has 19 rings (SSSR count). The number of nitrogens with two attached hydrogens (primary N) is 5. The van der Waals surface area contributed by atoms with Gasteiger partial charge >= 0.3 is 7.48 Å². The Bertz CT molecular complexity index is 6350. The highest BCUT2D eigenvalue weighted by atomic mass is 127. The lowest BCUT2D eigenvalue weighted by atomic mass is 9.90. The number of aromatic nitrogens is 20. The van der Waals surface area contributed by atoms with Gasteiger partial charge in [-0.2, -0.15) is 19.9 Å². The quantitative estimate of drug-likeness (QED) is 0.0310. The van der Waals surface area contributed by atoms with Crippen LogP contribution in [0.1, 0.15) is 34.6 Å². The molecule has 117 heavy (non-hydrogen) atoms. The maximum atomic E-state index is 9.10. The number of aliphatic hydroxyl groups is 3. The van der Waals surface area contributed by atoms with Crippen molar-refractivity contribution in [3.8, 4) is 44.6 Å². The number of aliphatic hydroxyl groups excluding tert-OH is 1. The highest BCUT2D eigenvalue weighted by Crippen LogP contribution is 2.30. The van der Waals surface area contributed by atoms with Gasteiger partial charge in [0.2, 0.25) is 29.1 Å². The summed E-state index contributed by atoms with van der Waals surface area (Å²) < 4.78 is 31.3. The van der Waals surface area contributed by atoms with Crippen LogP contribution in [0, 0.1) is 3.70 Å². The fraction of sp³-hybridized carbons (Fsp3) is 0.118. The van der Waals surface area contributed by atoms with Crippen LogP contribution in [0.4, 0.5) is 30.0 Å². The van der Waals surface area contributed by atoms with Crippen molar-refractivity contribution in [2.75, 3.05) is 41.2 Å².